The fourth-order valence-electron chi connectivity index (χ4n) is 4.09. The highest BCUT2D eigenvalue weighted by molar-refractivity contribution is 5.65. The fourth-order valence-corrected chi connectivity index (χ4v) is 4.09. The molecule has 9 nitrogen and oxygen atoms in total. The molecule has 2 fully saturated rings. The van der Waals surface area contributed by atoms with Gasteiger partial charge in [-0.15, -0.1) is 0 Å². The van der Waals surface area contributed by atoms with Crippen LogP contribution in [0.2, 0.25) is 0 Å². The first-order chi connectivity index (χ1) is 14.7. The summed E-state index contributed by atoms with van der Waals surface area (Å²) in [5.74, 6) is 0.765. The third-order valence-electron chi connectivity index (χ3n) is 5.93. The van der Waals surface area contributed by atoms with Crippen LogP contribution in [0.1, 0.15) is 5.56 Å². The van der Waals surface area contributed by atoms with Crippen molar-refractivity contribution in [3.63, 3.8) is 0 Å². The summed E-state index contributed by atoms with van der Waals surface area (Å²) in [4.78, 5) is 4.36. The molecular formula is C22H36N8O. The molecule has 2 aliphatic heterocycles. The minimum absolute atomic E-state index is 0.0160. The van der Waals surface area contributed by atoms with Crippen molar-refractivity contribution in [2.45, 2.75) is 31.1 Å². The maximum Gasteiger partial charge on any atom is 0.144 e. The molecule has 2 aromatic rings. The zero-order valence-corrected chi connectivity index (χ0v) is 18.4. The molecule has 0 aliphatic carbocycles. The van der Waals surface area contributed by atoms with Crippen LogP contribution in [-0.4, -0.2) is 57.5 Å². The summed E-state index contributed by atoms with van der Waals surface area (Å²) in [6, 6.07) is 11.7. The second-order valence-electron chi connectivity index (χ2n) is 8.44. The van der Waals surface area contributed by atoms with E-state index < -0.39 is 0 Å². The summed E-state index contributed by atoms with van der Waals surface area (Å²) >= 11 is 0. The van der Waals surface area contributed by atoms with Gasteiger partial charge in [0, 0.05) is 73.5 Å². The molecular weight excluding hydrogens is 392 g/mol. The lowest BCUT2D eigenvalue weighted by Gasteiger charge is -2.21. The van der Waals surface area contributed by atoms with Gasteiger partial charge in [0.2, 0.25) is 0 Å². The van der Waals surface area contributed by atoms with Crippen molar-refractivity contribution in [2.24, 2.45) is 22.9 Å². The van der Waals surface area contributed by atoms with Crippen LogP contribution in [0.15, 0.2) is 36.4 Å². The Morgan fingerprint density at radius 2 is 1.13 bits per heavy atom. The average Bonchev–Trinajstić information content (AvgIpc) is 3.23. The first-order valence-corrected chi connectivity index (χ1v) is 10.5. The lowest BCUT2D eigenvalue weighted by atomic mass is 10.1. The lowest BCUT2D eigenvalue weighted by Crippen LogP contribution is -2.39. The molecule has 0 aromatic heterocycles. The van der Waals surface area contributed by atoms with Gasteiger partial charge in [0.15, 0.2) is 0 Å². The summed E-state index contributed by atoms with van der Waals surface area (Å²) in [6.07, 6.45) is 0. The van der Waals surface area contributed by atoms with E-state index in [0.717, 1.165) is 43.3 Å². The molecule has 2 aliphatic rings. The van der Waals surface area contributed by atoms with E-state index in [1.807, 2.05) is 36.4 Å². The number of nitrogens with two attached hydrogens (primary N) is 6. The lowest BCUT2D eigenvalue weighted by molar-refractivity contribution is 0.415. The highest BCUT2D eigenvalue weighted by atomic mass is 16.5. The van der Waals surface area contributed by atoms with Crippen LogP contribution in [0.25, 0.3) is 0 Å². The first-order valence-electron chi connectivity index (χ1n) is 10.5. The van der Waals surface area contributed by atoms with Gasteiger partial charge in [-0.05, 0) is 42.8 Å². The summed E-state index contributed by atoms with van der Waals surface area (Å²) in [6.45, 7) is 5.21. The number of benzene rings is 2. The number of hydrogen-bond donors (Lipinski definition) is 6. The van der Waals surface area contributed by atoms with Crippen molar-refractivity contribution in [1.82, 2.24) is 0 Å². The number of methoxy groups -OCH3 is 1. The van der Waals surface area contributed by atoms with Gasteiger partial charge >= 0.3 is 0 Å². The second kappa shape index (κ2) is 9.61. The van der Waals surface area contributed by atoms with Crippen molar-refractivity contribution in [1.29, 1.82) is 0 Å². The predicted octanol–water partition coefficient (Wildman–Crippen LogP) is -0.196. The summed E-state index contributed by atoms with van der Waals surface area (Å²) in [5, 5.41) is 0. The van der Waals surface area contributed by atoms with E-state index in [2.05, 4.69) is 16.7 Å². The van der Waals surface area contributed by atoms with Crippen LogP contribution < -0.4 is 48.9 Å². The smallest absolute Gasteiger partial charge is 0.144 e. The number of anilines is 4. The van der Waals surface area contributed by atoms with E-state index in [4.69, 9.17) is 39.1 Å². The summed E-state index contributed by atoms with van der Waals surface area (Å²) < 4.78 is 5.31. The second-order valence-corrected chi connectivity index (χ2v) is 8.44. The van der Waals surface area contributed by atoms with Crippen molar-refractivity contribution in [2.75, 3.05) is 54.6 Å². The third kappa shape index (κ3) is 5.31. The van der Waals surface area contributed by atoms with E-state index in [1.54, 1.807) is 7.11 Å². The Labute approximate surface area is 184 Å². The maximum absolute atomic E-state index is 5.90. The Morgan fingerprint density at radius 3 is 1.58 bits per heavy atom. The topological polar surface area (TPSA) is 172 Å². The Morgan fingerprint density at radius 1 is 0.710 bits per heavy atom. The maximum atomic E-state index is 5.90. The van der Waals surface area contributed by atoms with E-state index in [9.17, 15) is 0 Å². The van der Waals surface area contributed by atoms with E-state index in [-0.39, 0.29) is 24.2 Å². The largest absolute Gasteiger partial charge is 0.495 e. The Hall–Kier alpha value is -2.72. The number of hydrogen-bond acceptors (Lipinski definition) is 9. The molecule has 2 aromatic carbocycles. The minimum atomic E-state index is 0.0160. The van der Waals surface area contributed by atoms with Crippen molar-refractivity contribution in [3.8, 4) is 5.75 Å². The molecule has 2 heterocycles. The minimum Gasteiger partial charge on any atom is -0.495 e. The Kier molecular flexibility index (Phi) is 7.11. The molecule has 4 unspecified atom stereocenters. The number of nitrogens with zero attached hydrogens (tertiary/aromatic N) is 2. The standard InChI is InChI=1S/C11H18N4O.C11H18N4/c1-16-11-4-7(12)2-3-10(11)15-5-8(13)9(14)6-15;1-7-4-8(12)2-3-11(7)15-5-9(13)10(14)6-15/h2-4,8-9H,5-6,12-14H2,1H3;2-4,9-10H,5-6,12-14H2,1H3. The molecule has 0 bridgehead atoms. The van der Waals surface area contributed by atoms with Crippen LogP contribution in [0.3, 0.4) is 0 Å². The SMILES string of the molecule is COc1cc(N)ccc1N1CC(N)C(N)C1.Cc1cc(N)ccc1N1CC(N)C(N)C1. The zero-order valence-electron chi connectivity index (χ0n) is 18.4. The van der Waals surface area contributed by atoms with Gasteiger partial charge in [0.25, 0.3) is 0 Å². The van der Waals surface area contributed by atoms with Gasteiger partial charge in [-0.25, -0.2) is 0 Å². The first kappa shape index (κ1) is 23.0. The molecule has 0 radical (unpaired) electrons. The molecule has 0 saturated carbocycles. The van der Waals surface area contributed by atoms with Gasteiger partial charge in [0.1, 0.15) is 5.75 Å². The molecule has 31 heavy (non-hydrogen) atoms. The molecule has 170 valence electrons. The highest BCUT2D eigenvalue weighted by Gasteiger charge is 2.29. The molecule has 0 amide bonds. The van der Waals surface area contributed by atoms with Gasteiger partial charge < -0.3 is 48.9 Å². The monoisotopic (exact) mass is 428 g/mol. The summed E-state index contributed by atoms with van der Waals surface area (Å²) in [7, 11) is 1.63. The van der Waals surface area contributed by atoms with Gasteiger partial charge in [-0.3, -0.25) is 0 Å². The number of ether oxygens (including phenoxy) is 1. The molecule has 4 atom stereocenters. The van der Waals surface area contributed by atoms with E-state index in [1.165, 1.54) is 11.3 Å². The fraction of sp³-hybridized carbons (Fsp3) is 0.455. The average molecular weight is 429 g/mol. The highest BCUT2D eigenvalue weighted by Crippen LogP contribution is 2.32. The van der Waals surface area contributed by atoms with E-state index in [0.29, 0.717) is 5.69 Å². The van der Waals surface area contributed by atoms with Crippen LogP contribution in [-0.2, 0) is 0 Å². The van der Waals surface area contributed by atoms with Crippen LogP contribution in [0.5, 0.6) is 5.75 Å². The third-order valence-corrected chi connectivity index (χ3v) is 5.93. The van der Waals surface area contributed by atoms with Gasteiger partial charge in [-0.1, -0.05) is 0 Å². The van der Waals surface area contributed by atoms with Crippen molar-refractivity contribution in [3.05, 3.63) is 42.0 Å². The molecule has 9 heteroatoms. The van der Waals surface area contributed by atoms with Gasteiger partial charge in [-0.2, -0.15) is 0 Å². The molecule has 0 spiro atoms. The van der Waals surface area contributed by atoms with Crippen LogP contribution in [0.4, 0.5) is 22.7 Å². The quantitative estimate of drug-likeness (QED) is 0.362. The molecule has 12 N–H and O–H groups in total. The number of aryl methyl sites for hydroxylation is 1. The van der Waals surface area contributed by atoms with E-state index >= 15 is 0 Å². The van der Waals surface area contributed by atoms with Crippen LogP contribution in [0, 0.1) is 6.92 Å². The number of nitrogen functional groups attached to an aromatic ring is 2. The van der Waals surface area contributed by atoms with Crippen molar-refractivity contribution >= 4 is 22.7 Å². The van der Waals surface area contributed by atoms with Gasteiger partial charge in [0.05, 0.1) is 12.8 Å². The Balaban J connectivity index is 0.000000176. The number of rotatable bonds is 3. The summed E-state index contributed by atoms with van der Waals surface area (Å²) in [5.41, 5.74) is 39.8. The zero-order chi connectivity index (χ0) is 22.7. The Bertz CT molecular complexity index is 872. The predicted molar refractivity (Wildman–Crippen MR) is 129 cm³/mol. The van der Waals surface area contributed by atoms with Crippen molar-refractivity contribution < 1.29 is 4.74 Å². The molecule has 4 rings (SSSR count). The normalized spacial score (nSPS) is 25.4. The molecule has 2 saturated heterocycles. The van der Waals surface area contributed by atoms with Crippen LogP contribution >= 0.6 is 0 Å².